The summed E-state index contributed by atoms with van der Waals surface area (Å²) in [5.74, 6) is -0.729. The number of nitrogens with zero attached hydrogens (tertiary/aromatic N) is 4. The van der Waals surface area contributed by atoms with Crippen molar-refractivity contribution in [3.05, 3.63) is 59.0 Å². The minimum atomic E-state index is -1.17. The quantitative estimate of drug-likeness (QED) is 0.638. The Hall–Kier alpha value is -2.41. The van der Waals surface area contributed by atoms with E-state index in [4.69, 9.17) is 11.6 Å². The van der Waals surface area contributed by atoms with Crippen LogP contribution in [0.2, 0.25) is 5.15 Å². The van der Waals surface area contributed by atoms with Crippen LogP contribution in [0, 0.1) is 11.6 Å². The molecule has 0 unspecified atom stereocenters. The minimum Gasteiger partial charge on any atom is -0.346 e. The first-order valence-electron chi connectivity index (χ1n) is 7.66. The molecule has 3 aromatic rings. The summed E-state index contributed by atoms with van der Waals surface area (Å²) in [6.45, 7) is 0.0322. The summed E-state index contributed by atoms with van der Waals surface area (Å²) in [6, 6.07) is 5.88. The highest BCUT2D eigenvalue weighted by molar-refractivity contribution is 6.33. The standard InChI is InChI=1S/C17H12ClF3N4/c18-17-16-13(22-8-23-17)3-4-15(24-16)25-7-10(20)6-14(25)11-5-9(19)1-2-12(11)21/h1-5,8,10,14H,6-7H2/t10-,14+/m0/s1. The molecule has 0 amide bonds. The van der Waals surface area contributed by atoms with Gasteiger partial charge in [-0.2, -0.15) is 0 Å². The maximum Gasteiger partial charge on any atom is 0.158 e. The van der Waals surface area contributed by atoms with Gasteiger partial charge in [-0.25, -0.2) is 28.1 Å². The molecule has 4 nitrogen and oxygen atoms in total. The molecule has 1 saturated heterocycles. The average Bonchev–Trinajstić information content (AvgIpc) is 2.99. The number of pyridine rings is 1. The van der Waals surface area contributed by atoms with Crippen molar-refractivity contribution in [3.63, 3.8) is 0 Å². The van der Waals surface area contributed by atoms with Gasteiger partial charge in [0.15, 0.2) is 5.15 Å². The van der Waals surface area contributed by atoms with Gasteiger partial charge in [0.2, 0.25) is 0 Å². The number of fused-ring (bicyclic) bond motifs is 1. The maximum absolute atomic E-state index is 14.2. The Morgan fingerprint density at radius 1 is 1.12 bits per heavy atom. The summed E-state index contributed by atoms with van der Waals surface area (Å²) in [4.78, 5) is 14.0. The molecule has 0 saturated carbocycles. The molecule has 0 N–H and O–H groups in total. The van der Waals surface area contributed by atoms with Crippen molar-refractivity contribution in [2.75, 3.05) is 11.4 Å². The highest BCUT2D eigenvalue weighted by Crippen LogP contribution is 2.38. The fourth-order valence-corrected chi connectivity index (χ4v) is 3.35. The predicted octanol–water partition coefficient (Wildman–Crippen LogP) is 4.25. The highest BCUT2D eigenvalue weighted by Gasteiger charge is 2.36. The van der Waals surface area contributed by atoms with Gasteiger partial charge in [0, 0.05) is 12.0 Å². The van der Waals surface area contributed by atoms with E-state index in [1.54, 1.807) is 17.0 Å². The van der Waals surface area contributed by atoms with E-state index in [2.05, 4.69) is 15.0 Å². The van der Waals surface area contributed by atoms with E-state index in [0.717, 1.165) is 18.2 Å². The Morgan fingerprint density at radius 3 is 2.80 bits per heavy atom. The zero-order valence-electron chi connectivity index (χ0n) is 12.8. The van der Waals surface area contributed by atoms with Gasteiger partial charge < -0.3 is 4.90 Å². The third kappa shape index (κ3) is 2.89. The van der Waals surface area contributed by atoms with E-state index in [9.17, 15) is 13.2 Å². The number of aromatic nitrogens is 3. The third-order valence-electron chi connectivity index (χ3n) is 4.28. The Balaban J connectivity index is 1.80. The smallest absolute Gasteiger partial charge is 0.158 e. The Kier molecular flexibility index (Phi) is 3.95. The number of benzene rings is 1. The lowest BCUT2D eigenvalue weighted by Crippen LogP contribution is -2.25. The Bertz CT molecular complexity index is 952. The molecule has 1 aliphatic heterocycles. The highest BCUT2D eigenvalue weighted by atomic mass is 35.5. The van der Waals surface area contributed by atoms with Crippen LogP contribution < -0.4 is 4.90 Å². The molecule has 1 aliphatic rings. The van der Waals surface area contributed by atoms with Gasteiger partial charge in [0.05, 0.1) is 18.1 Å². The molecule has 2 atom stereocenters. The maximum atomic E-state index is 14.2. The van der Waals surface area contributed by atoms with Gasteiger partial charge in [-0.15, -0.1) is 0 Å². The van der Waals surface area contributed by atoms with Crippen LogP contribution in [0.25, 0.3) is 11.0 Å². The zero-order chi connectivity index (χ0) is 17.6. The van der Waals surface area contributed by atoms with E-state index < -0.39 is 23.8 Å². The van der Waals surface area contributed by atoms with Crippen molar-refractivity contribution < 1.29 is 13.2 Å². The second-order valence-electron chi connectivity index (χ2n) is 5.87. The molecule has 4 rings (SSSR count). The Labute approximate surface area is 146 Å². The van der Waals surface area contributed by atoms with Crippen LogP contribution in [-0.2, 0) is 0 Å². The van der Waals surface area contributed by atoms with Crippen molar-refractivity contribution >= 4 is 28.5 Å². The van der Waals surface area contributed by atoms with Gasteiger partial charge in [0.1, 0.15) is 35.5 Å². The van der Waals surface area contributed by atoms with Gasteiger partial charge in [-0.1, -0.05) is 11.6 Å². The first-order valence-corrected chi connectivity index (χ1v) is 8.03. The fourth-order valence-electron chi connectivity index (χ4n) is 3.16. The fraction of sp³-hybridized carbons (Fsp3) is 0.235. The van der Waals surface area contributed by atoms with Crippen LogP contribution in [0.3, 0.4) is 0 Å². The van der Waals surface area contributed by atoms with Crippen molar-refractivity contribution in [1.29, 1.82) is 0 Å². The van der Waals surface area contributed by atoms with E-state index in [1.165, 1.54) is 6.33 Å². The monoisotopic (exact) mass is 364 g/mol. The normalized spacial score (nSPS) is 20.4. The van der Waals surface area contributed by atoms with Gasteiger partial charge >= 0.3 is 0 Å². The lowest BCUT2D eigenvalue weighted by molar-refractivity contribution is 0.355. The van der Waals surface area contributed by atoms with Crippen LogP contribution >= 0.6 is 11.6 Å². The van der Waals surface area contributed by atoms with Crippen LogP contribution in [0.5, 0.6) is 0 Å². The van der Waals surface area contributed by atoms with Gasteiger partial charge in [-0.05, 0) is 30.3 Å². The molecule has 0 aliphatic carbocycles. The first kappa shape index (κ1) is 16.1. The van der Waals surface area contributed by atoms with Crippen LogP contribution in [0.1, 0.15) is 18.0 Å². The topological polar surface area (TPSA) is 41.9 Å². The van der Waals surface area contributed by atoms with E-state index in [1.807, 2.05) is 0 Å². The molecule has 1 aromatic carbocycles. The molecule has 0 spiro atoms. The minimum absolute atomic E-state index is 0.0322. The zero-order valence-corrected chi connectivity index (χ0v) is 13.6. The number of hydrogen-bond acceptors (Lipinski definition) is 4. The number of hydrogen-bond donors (Lipinski definition) is 0. The molecule has 25 heavy (non-hydrogen) atoms. The van der Waals surface area contributed by atoms with Gasteiger partial charge in [0.25, 0.3) is 0 Å². The number of alkyl halides is 1. The molecule has 8 heteroatoms. The summed E-state index contributed by atoms with van der Waals surface area (Å²) in [7, 11) is 0. The molecule has 3 heterocycles. The third-order valence-corrected chi connectivity index (χ3v) is 4.56. The molecule has 0 radical (unpaired) electrons. The second-order valence-corrected chi connectivity index (χ2v) is 6.23. The van der Waals surface area contributed by atoms with Crippen LogP contribution in [-0.4, -0.2) is 27.7 Å². The van der Waals surface area contributed by atoms with Crippen LogP contribution in [0.4, 0.5) is 19.0 Å². The van der Waals surface area contributed by atoms with Gasteiger partial charge in [-0.3, -0.25) is 0 Å². The van der Waals surface area contributed by atoms with Crippen molar-refractivity contribution in [2.45, 2.75) is 18.6 Å². The summed E-state index contributed by atoms with van der Waals surface area (Å²) in [5.41, 5.74) is 1.04. The number of halogens is 4. The largest absolute Gasteiger partial charge is 0.346 e. The van der Waals surface area contributed by atoms with Crippen molar-refractivity contribution in [2.24, 2.45) is 0 Å². The summed E-state index contributed by atoms with van der Waals surface area (Å²) >= 11 is 6.05. The number of anilines is 1. The molecule has 0 bridgehead atoms. The average molecular weight is 365 g/mol. The SMILES string of the molecule is Fc1ccc(F)c([C@H]2C[C@H](F)CN2c2ccc3ncnc(Cl)c3n2)c1. The summed E-state index contributed by atoms with van der Waals surface area (Å²) in [6.07, 6.45) is 0.205. The van der Waals surface area contributed by atoms with Crippen molar-refractivity contribution in [1.82, 2.24) is 15.0 Å². The molecular formula is C17H12ClF3N4. The van der Waals surface area contributed by atoms with E-state index in [0.29, 0.717) is 16.9 Å². The number of rotatable bonds is 2. The Morgan fingerprint density at radius 2 is 1.96 bits per heavy atom. The van der Waals surface area contributed by atoms with E-state index in [-0.39, 0.29) is 23.7 Å². The molecule has 1 fully saturated rings. The first-order chi connectivity index (χ1) is 12.0. The molecule has 2 aromatic heterocycles. The van der Waals surface area contributed by atoms with Crippen LogP contribution in [0.15, 0.2) is 36.7 Å². The lowest BCUT2D eigenvalue weighted by Gasteiger charge is -2.26. The predicted molar refractivity (Wildman–Crippen MR) is 88.3 cm³/mol. The van der Waals surface area contributed by atoms with Crippen molar-refractivity contribution in [3.8, 4) is 0 Å². The molecular weight excluding hydrogens is 353 g/mol. The summed E-state index contributed by atoms with van der Waals surface area (Å²) < 4.78 is 41.8. The lowest BCUT2D eigenvalue weighted by atomic mass is 10.0. The van der Waals surface area contributed by atoms with E-state index >= 15 is 0 Å². The second kappa shape index (κ2) is 6.15. The summed E-state index contributed by atoms with van der Waals surface area (Å²) in [5, 5.41) is 0.177. The molecule has 128 valence electrons.